The third kappa shape index (κ3) is 3.71. The minimum absolute atomic E-state index is 0.0808. The van der Waals surface area contributed by atoms with Crippen LogP contribution in [0.25, 0.3) is 0 Å². The zero-order valence-electron chi connectivity index (χ0n) is 15.2. The van der Waals surface area contributed by atoms with Crippen molar-refractivity contribution < 1.29 is 24.9 Å². The molecule has 0 fully saturated rings. The predicted molar refractivity (Wildman–Crippen MR) is 103 cm³/mol. The number of carboxylic acid groups (broad SMARTS) is 2. The number of rotatable bonds is 6. The molecule has 3 aromatic rings. The van der Waals surface area contributed by atoms with Gasteiger partial charge in [0.05, 0.1) is 17.0 Å². The van der Waals surface area contributed by atoms with Crippen molar-refractivity contribution in [3.05, 3.63) is 94.3 Å². The van der Waals surface area contributed by atoms with E-state index in [0.717, 1.165) is 11.1 Å². The van der Waals surface area contributed by atoms with Crippen molar-refractivity contribution in [1.82, 2.24) is 4.98 Å². The third-order valence-electron chi connectivity index (χ3n) is 4.65. The number of carboxylic acids is 2. The van der Waals surface area contributed by atoms with Crippen LogP contribution in [-0.2, 0) is 6.42 Å². The zero-order chi connectivity index (χ0) is 20.3. The number of aromatic hydroxyl groups is 1. The Labute approximate surface area is 161 Å². The second-order valence-electron chi connectivity index (χ2n) is 6.43. The lowest BCUT2D eigenvalue weighted by Crippen LogP contribution is -2.17. The highest BCUT2D eigenvalue weighted by molar-refractivity contribution is 6.04. The first-order valence-electron chi connectivity index (χ1n) is 8.69. The van der Waals surface area contributed by atoms with Gasteiger partial charge in [0.1, 0.15) is 5.56 Å². The van der Waals surface area contributed by atoms with Gasteiger partial charge < -0.3 is 15.3 Å². The average molecular weight is 377 g/mol. The van der Waals surface area contributed by atoms with Gasteiger partial charge in [-0.15, -0.1) is 0 Å². The van der Waals surface area contributed by atoms with Crippen molar-refractivity contribution in [2.75, 3.05) is 0 Å². The van der Waals surface area contributed by atoms with Gasteiger partial charge in [-0.05, 0) is 18.1 Å². The van der Waals surface area contributed by atoms with Crippen molar-refractivity contribution >= 4 is 11.9 Å². The molecule has 3 N–H and O–H groups in total. The van der Waals surface area contributed by atoms with Gasteiger partial charge in [-0.2, -0.15) is 0 Å². The lowest BCUT2D eigenvalue weighted by Gasteiger charge is -2.20. The van der Waals surface area contributed by atoms with Crippen LogP contribution in [0.1, 0.15) is 49.1 Å². The highest BCUT2D eigenvalue weighted by Crippen LogP contribution is 2.33. The summed E-state index contributed by atoms with van der Waals surface area (Å²) < 4.78 is 0. The van der Waals surface area contributed by atoms with E-state index in [2.05, 4.69) is 4.98 Å². The summed E-state index contributed by atoms with van der Waals surface area (Å²) in [6.07, 6.45) is 0.178. The fourth-order valence-electron chi connectivity index (χ4n) is 3.33. The maximum atomic E-state index is 11.9. The number of nitrogens with zero attached hydrogens (tertiary/aromatic N) is 1. The summed E-state index contributed by atoms with van der Waals surface area (Å²) in [5, 5.41) is 29.2. The van der Waals surface area contributed by atoms with Crippen LogP contribution < -0.4 is 0 Å². The predicted octanol–water partition coefficient (Wildman–Crippen LogP) is 3.87. The molecule has 0 spiro atoms. The first-order chi connectivity index (χ1) is 13.4. The standard InChI is InChI=1S/C22H19NO5/c1-13-20(24)19(22(27)28)18(21(25)26)17(23-13)12-16(14-8-4-2-5-9-14)15-10-6-3-7-11-15/h2-11,16,24H,12H2,1H3,(H,25,26)(H,27,28). The number of aromatic carboxylic acids is 2. The molecule has 0 bridgehead atoms. The molecule has 0 atom stereocenters. The van der Waals surface area contributed by atoms with Crippen LogP contribution >= 0.6 is 0 Å². The average Bonchev–Trinajstić information content (AvgIpc) is 2.69. The van der Waals surface area contributed by atoms with E-state index in [-0.39, 0.29) is 23.7 Å². The van der Waals surface area contributed by atoms with Crippen LogP contribution in [0, 0.1) is 6.92 Å². The fourth-order valence-corrected chi connectivity index (χ4v) is 3.33. The van der Waals surface area contributed by atoms with E-state index in [4.69, 9.17) is 0 Å². The molecule has 1 aromatic heterocycles. The molecule has 0 radical (unpaired) electrons. The minimum atomic E-state index is -1.50. The first-order valence-corrected chi connectivity index (χ1v) is 8.69. The molecule has 0 amide bonds. The summed E-state index contributed by atoms with van der Waals surface area (Å²) in [5.41, 5.74) is 1.00. The van der Waals surface area contributed by atoms with Gasteiger partial charge in [-0.25, -0.2) is 9.59 Å². The second kappa shape index (κ2) is 7.92. The Hall–Kier alpha value is -3.67. The van der Waals surface area contributed by atoms with Crippen molar-refractivity contribution in [2.24, 2.45) is 0 Å². The van der Waals surface area contributed by atoms with Crippen LogP contribution in [0.3, 0.4) is 0 Å². The van der Waals surface area contributed by atoms with E-state index in [1.165, 1.54) is 6.92 Å². The number of carbonyl (C=O) groups is 2. The molecule has 28 heavy (non-hydrogen) atoms. The van der Waals surface area contributed by atoms with Crippen LogP contribution in [0.15, 0.2) is 60.7 Å². The molecule has 0 aliphatic rings. The van der Waals surface area contributed by atoms with Gasteiger partial charge in [0, 0.05) is 12.3 Å². The van der Waals surface area contributed by atoms with Gasteiger partial charge >= 0.3 is 11.9 Å². The summed E-state index contributed by atoms with van der Waals surface area (Å²) >= 11 is 0. The monoisotopic (exact) mass is 377 g/mol. The summed E-state index contributed by atoms with van der Waals surface area (Å²) in [6, 6.07) is 19.1. The summed E-state index contributed by atoms with van der Waals surface area (Å²) in [4.78, 5) is 27.7. The Morgan fingerprint density at radius 3 is 1.75 bits per heavy atom. The van der Waals surface area contributed by atoms with Crippen molar-refractivity contribution in [1.29, 1.82) is 0 Å². The number of hydrogen-bond acceptors (Lipinski definition) is 4. The molecule has 6 heteroatoms. The smallest absolute Gasteiger partial charge is 0.340 e. The number of aromatic nitrogens is 1. The molecular formula is C22H19NO5. The molecule has 1 heterocycles. The summed E-state index contributed by atoms with van der Waals surface area (Å²) in [6.45, 7) is 1.46. The minimum Gasteiger partial charge on any atom is -0.505 e. The Morgan fingerprint density at radius 2 is 1.32 bits per heavy atom. The Balaban J connectivity index is 2.19. The third-order valence-corrected chi connectivity index (χ3v) is 4.65. The van der Waals surface area contributed by atoms with Crippen LogP contribution in [0.5, 0.6) is 5.75 Å². The normalized spacial score (nSPS) is 10.8. The first kappa shape index (κ1) is 19.1. The van der Waals surface area contributed by atoms with Gasteiger partial charge in [-0.1, -0.05) is 60.7 Å². The number of aryl methyl sites for hydroxylation is 1. The highest BCUT2D eigenvalue weighted by atomic mass is 16.4. The van der Waals surface area contributed by atoms with Gasteiger partial charge in [0.2, 0.25) is 0 Å². The Kier molecular flexibility index (Phi) is 5.40. The quantitative estimate of drug-likeness (QED) is 0.602. The van der Waals surface area contributed by atoms with Crippen LogP contribution in [0.4, 0.5) is 0 Å². The molecule has 3 rings (SSSR count). The second-order valence-corrected chi connectivity index (χ2v) is 6.43. The Morgan fingerprint density at radius 1 is 0.857 bits per heavy atom. The lowest BCUT2D eigenvalue weighted by molar-refractivity contribution is 0.0646. The van der Waals surface area contributed by atoms with E-state index in [9.17, 15) is 24.9 Å². The molecule has 0 saturated carbocycles. The summed E-state index contributed by atoms with van der Waals surface area (Å²) in [7, 11) is 0. The molecular weight excluding hydrogens is 358 g/mol. The maximum Gasteiger partial charge on any atom is 0.340 e. The Bertz CT molecular complexity index is 977. The summed E-state index contributed by atoms with van der Waals surface area (Å²) in [5.74, 6) is -3.78. The number of benzene rings is 2. The molecule has 142 valence electrons. The largest absolute Gasteiger partial charge is 0.505 e. The topological polar surface area (TPSA) is 108 Å². The van der Waals surface area contributed by atoms with E-state index in [1.54, 1.807) is 0 Å². The molecule has 6 nitrogen and oxygen atoms in total. The van der Waals surface area contributed by atoms with Gasteiger partial charge in [-0.3, -0.25) is 4.98 Å². The highest BCUT2D eigenvalue weighted by Gasteiger charge is 2.29. The van der Waals surface area contributed by atoms with E-state index >= 15 is 0 Å². The fraction of sp³-hybridized carbons (Fsp3) is 0.136. The molecule has 0 unspecified atom stereocenters. The van der Waals surface area contributed by atoms with Crippen molar-refractivity contribution in [3.8, 4) is 5.75 Å². The van der Waals surface area contributed by atoms with Crippen LogP contribution in [0.2, 0.25) is 0 Å². The maximum absolute atomic E-state index is 11.9. The SMILES string of the molecule is Cc1nc(CC(c2ccccc2)c2ccccc2)c(C(=O)O)c(C(=O)O)c1O. The van der Waals surface area contributed by atoms with Crippen LogP contribution in [-0.4, -0.2) is 32.2 Å². The van der Waals surface area contributed by atoms with E-state index in [1.807, 2.05) is 60.7 Å². The molecule has 0 saturated heterocycles. The van der Waals surface area contributed by atoms with Crippen molar-refractivity contribution in [3.63, 3.8) is 0 Å². The van der Waals surface area contributed by atoms with E-state index < -0.39 is 28.8 Å². The number of hydrogen-bond donors (Lipinski definition) is 3. The number of pyridine rings is 1. The molecule has 0 aliphatic heterocycles. The molecule has 2 aromatic carbocycles. The zero-order valence-corrected chi connectivity index (χ0v) is 15.2. The van der Waals surface area contributed by atoms with Gasteiger partial charge in [0.25, 0.3) is 0 Å². The van der Waals surface area contributed by atoms with Gasteiger partial charge in [0.15, 0.2) is 5.75 Å². The van der Waals surface area contributed by atoms with Crippen molar-refractivity contribution in [2.45, 2.75) is 19.3 Å². The van der Waals surface area contributed by atoms with E-state index in [0.29, 0.717) is 0 Å². The molecule has 0 aliphatic carbocycles. The lowest BCUT2D eigenvalue weighted by atomic mass is 9.85.